The highest BCUT2D eigenvalue weighted by Crippen LogP contribution is 2.20. The molecule has 5 heteroatoms. The molecule has 25 heavy (non-hydrogen) atoms. The first kappa shape index (κ1) is 17.0. The summed E-state index contributed by atoms with van der Waals surface area (Å²) in [5.74, 6) is -0.252. The zero-order chi connectivity index (χ0) is 17.6. The Morgan fingerprint density at radius 1 is 1.12 bits per heavy atom. The van der Waals surface area contributed by atoms with Crippen molar-refractivity contribution in [2.24, 2.45) is 0 Å². The molecule has 0 spiro atoms. The fourth-order valence-electron chi connectivity index (χ4n) is 2.64. The molecule has 0 aliphatic carbocycles. The van der Waals surface area contributed by atoms with E-state index in [1.165, 1.54) is 0 Å². The summed E-state index contributed by atoms with van der Waals surface area (Å²) in [5, 5.41) is 12.2. The molecule has 2 aromatic carbocycles. The van der Waals surface area contributed by atoms with Gasteiger partial charge in [-0.3, -0.25) is 4.79 Å². The van der Waals surface area contributed by atoms with E-state index < -0.39 is 0 Å². The first-order valence-electron chi connectivity index (χ1n) is 7.88. The molecule has 1 amide bonds. The average molecular weight is 394 g/mol. The minimum Gasteiger partial charge on any atom is -0.350 e. The van der Waals surface area contributed by atoms with Gasteiger partial charge in [0.05, 0.1) is 5.56 Å². The summed E-state index contributed by atoms with van der Waals surface area (Å²) in [6.45, 7) is 0.511. The molecular formula is C20H16BrN3O. The zero-order valence-corrected chi connectivity index (χ0v) is 15.0. The van der Waals surface area contributed by atoms with Gasteiger partial charge in [0, 0.05) is 22.9 Å². The molecule has 3 rings (SSSR count). The Kier molecular flexibility index (Phi) is 5.32. The van der Waals surface area contributed by atoms with Gasteiger partial charge in [0.25, 0.3) is 5.91 Å². The number of hydrogen-bond donors (Lipinski definition) is 1. The van der Waals surface area contributed by atoms with E-state index in [0.29, 0.717) is 17.8 Å². The van der Waals surface area contributed by atoms with E-state index in [4.69, 9.17) is 0 Å². The van der Waals surface area contributed by atoms with Crippen molar-refractivity contribution in [1.82, 2.24) is 9.88 Å². The molecule has 0 radical (unpaired) electrons. The fraction of sp³-hybridized carbons (Fsp3) is 0.100. The van der Waals surface area contributed by atoms with E-state index in [0.717, 1.165) is 22.1 Å². The Balaban J connectivity index is 1.80. The Hall–Kier alpha value is -2.84. The van der Waals surface area contributed by atoms with Gasteiger partial charge in [-0.1, -0.05) is 52.3 Å². The van der Waals surface area contributed by atoms with Crippen molar-refractivity contribution in [3.8, 4) is 11.8 Å². The molecule has 3 aromatic rings. The van der Waals surface area contributed by atoms with Crippen LogP contribution >= 0.6 is 15.9 Å². The molecule has 0 fully saturated rings. The molecule has 0 atom stereocenters. The van der Waals surface area contributed by atoms with Crippen LogP contribution in [-0.4, -0.2) is 17.0 Å². The standard InChI is InChI=1S/C20H16BrN3O/c21-17-7-4-8-18(13-17)24-12-10-16(14-22)19(24)20(25)23-11-9-15-5-2-1-3-6-15/h1-8,10,12-13H,9,11H2,(H,23,25). The normalized spacial score (nSPS) is 10.2. The minimum absolute atomic E-state index is 0.252. The summed E-state index contributed by atoms with van der Waals surface area (Å²) >= 11 is 3.43. The highest BCUT2D eigenvalue weighted by atomic mass is 79.9. The summed E-state index contributed by atoms with van der Waals surface area (Å²) in [4.78, 5) is 12.7. The number of amides is 1. The zero-order valence-electron chi connectivity index (χ0n) is 13.4. The average Bonchev–Trinajstić information content (AvgIpc) is 3.07. The minimum atomic E-state index is -0.252. The third-order valence-electron chi connectivity index (χ3n) is 3.85. The highest BCUT2D eigenvalue weighted by molar-refractivity contribution is 9.10. The number of hydrogen-bond acceptors (Lipinski definition) is 2. The van der Waals surface area contributed by atoms with Crippen LogP contribution in [0.1, 0.15) is 21.6 Å². The molecular weight excluding hydrogens is 378 g/mol. The predicted molar refractivity (Wildman–Crippen MR) is 101 cm³/mol. The van der Waals surface area contributed by atoms with Gasteiger partial charge >= 0.3 is 0 Å². The van der Waals surface area contributed by atoms with Crippen molar-refractivity contribution in [2.45, 2.75) is 6.42 Å². The lowest BCUT2D eigenvalue weighted by Gasteiger charge is -2.11. The lowest BCUT2D eigenvalue weighted by Crippen LogP contribution is -2.28. The number of halogens is 1. The van der Waals surface area contributed by atoms with Gasteiger partial charge in [0.2, 0.25) is 0 Å². The first-order chi connectivity index (χ1) is 12.2. The predicted octanol–water partition coefficient (Wildman–Crippen LogP) is 4.08. The lowest BCUT2D eigenvalue weighted by molar-refractivity contribution is 0.0947. The third kappa shape index (κ3) is 3.98. The maximum atomic E-state index is 12.7. The van der Waals surface area contributed by atoms with E-state index in [1.54, 1.807) is 16.8 Å². The van der Waals surface area contributed by atoms with Crippen LogP contribution < -0.4 is 5.32 Å². The molecule has 0 unspecified atom stereocenters. The van der Waals surface area contributed by atoms with Crippen molar-refractivity contribution in [1.29, 1.82) is 5.26 Å². The third-order valence-corrected chi connectivity index (χ3v) is 4.34. The maximum absolute atomic E-state index is 12.7. The molecule has 124 valence electrons. The van der Waals surface area contributed by atoms with Crippen LogP contribution in [0.25, 0.3) is 5.69 Å². The molecule has 0 aliphatic heterocycles. The number of nitriles is 1. The number of benzene rings is 2. The molecule has 1 heterocycles. The monoisotopic (exact) mass is 393 g/mol. The van der Waals surface area contributed by atoms with Gasteiger partial charge in [-0.25, -0.2) is 0 Å². The maximum Gasteiger partial charge on any atom is 0.269 e. The van der Waals surface area contributed by atoms with E-state index in [1.807, 2.05) is 54.6 Å². The van der Waals surface area contributed by atoms with Crippen molar-refractivity contribution < 1.29 is 4.79 Å². The van der Waals surface area contributed by atoms with Gasteiger partial charge < -0.3 is 9.88 Å². The Morgan fingerprint density at radius 3 is 2.64 bits per heavy atom. The Labute approximate surface area is 154 Å². The summed E-state index contributed by atoms with van der Waals surface area (Å²) in [7, 11) is 0. The first-order valence-corrected chi connectivity index (χ1v) is 8.68. The van der Waals surface area contributed by atoms with Crippen molar-refractivity contribution in [3.05, 3.63) is 88.2 Å². The fourth-order valence-corrected chi connectivity index (χ4v) is 3.03. The van der Waals surface area contributed by atoms with Crippen LogP contribution in [0.5, 0.6) is 0 Å². The van der Waals surface area contributed by atoms with Gasteiger partial charge in [-0.2, -0.15) is 5.26 Å². The summed E-state index contributed by atoms with van der Waals surface area (Å²) < 4.78 is 2.65. The number of nitrogens with zero attached hydrogens (tertiary/aromatic N) is 2. The second-order valence-electron chi connectivity index (χ2n) is 5.53. The molecule has 0 saturated carbocycles. The lowest BCUT2D eigenvalue weighted by atomic mass is 10.1. The summed E-state index contributed by atoms with van der Waals surface area (Å²) in [5.41, 5.74) is 2.70. The molecule has 0 bridgehead atoms. The Bertz CT molecular complexity index is 926. The topological polar surface area (TPSA) is 57.8 Å². The van der Waals surface area contributed by atoms with Gasteiger partial charge in [-0.05, 0) is 36.2 Å². The molecule has 1 aromatic heterocycles. The number of carbonyl (C=O) groups excluding carboxylic acids is 1. The van der Waals surface area contributed by atoms with Gasteiger partial charge in [0.15, 0.2) is 0 Å². The number of nitrogens with one attached hydrogen (secondary N) is 1. The second-order valence-corrected chi connectivity index (χ2v) is 6.45. The molecule has 1 N–H and O–H groups in total. The van der Waals surface area contributed by atoms with Crippen molar-refractivity contribution in [2.75, 3.05) is 6.54 Å². The quantitative estimate of drug-likeness (QED) is 0.709. The number of aromatic nitrogens is 1. The van der Waals surface area contributed by atoms with Crippen LogP contribution in [0.2, 0.25) is 0 Å². The Morgan fingerprint density at radius 2 is 1.92 bits per heavy atom. The van der Waals surface area contributed by atoms with E-state index in [2.05, 4.69) is 27.3 Å². The van der Waals surface area contributed by atoms with Gasteiger partial charge in [-0.15, -0.1) is 0 Å². The summed E-state index contributed by atoms with van der Waals surface area (Å²) in [6, 6.07) is 21.3. The van der Waals surface area contributed by atoms with Crippen LogP contribution in [0.3, 0.4) is 0 Å². The van der Waals surface area contributed by atoms with Crippen LogP contribution in [0.4, 0.5) is 0 Å². The summed E-state index contributed by atoms with van der Waals surface area (Å²) in [6.07, 6.45) is 2.48. The smallest absolute Gasteiger partial charge is 0.269 e. The van der Waals surface area contributed by atoms with Gasteiger partial charge in [0.1, 0.15) is 11.8 Å². The van der Waals surface area contributed by atoms with Crippen molar-refractivity contribution >= 4 is 21.8 Å². The molecule has 0 saturated heterocycles. The highest BCUT2D eigenvalue weighted by Gasteiger charge is 2.18. The number of rotatable bonds is 5. The molecule has 0 aliphatic rings. The van der Waals surface area contributed by atoms with E-state index >= 15 is 0 Å². The largest absolute Gasteiger partial charge is 0.350 e. The van der Waals surface area contributed by atoms with Crippen molar-refractivity contribution in [3.63, 3.8) is 0 Å². The van der Waals surface area contributed by atoms with Crippen LogP contribution in [0, 0.1) is 11.3 Å². The number of carbonyl (C=O) groups is 1. The molecule has 4 nitrogen and oxygen atoms in total. The van der Waals surface area contributed by atoms with Crippen LogP contribution in [-0.2, 0) is 6.42 Å². The van der Waals surface area contributed by atoms with Crippen LogP contribution in [0.15, 0.2) is 71.3 Å². The van der Waals surface area contributed by atoms with E-state index in [-0.39, 0.29) is 5.91 Å². The van der Waals surface area contributed by atoms with E-state index in [9.17, 15) is 10.1 Å². The SMILES string of the molecule is N#Cc1ccn(-c2cccc(Br)c2)c1C(=O)NCCc1ccccc1. The second kappa shape index (κ2) is 7.82.